The van der Waals surface area contributed by atoms with Gasteiger partial charge in [0.1, 0.15) is 23.7 Å². The third-order valence-electron chi connectivity index (χ3n) is 3.84. The second-order valence-corrected chi connectivity index (χ2v) is 5.87. The third-order valence-corrected chi connectivity index (χ3v) is 3.84. The van der Waals surface area contributed by atoms with Crippen molar-refractivity contribution in [3.63, 3.8) is 0 Å². The van der Waals surface area contributed by atoms with Crippen molar-refractivity contribution in [1.82, 2.24) is 9.97 Å². The molecule has 0 aliphatic carbocycles. The summed E-state index contributed by atoms with van der Waals surface area (Å²) in [7, 11) is 1.71. The van der Waals surface area contributed by atoms with Crippen LogP contribution in [0.5, 0.6) is 5.75 Å². The molecule has 0 fully saturated rings. The lowest BCUT2D eigenvalue weighted by molar-refractivity contribution is 0.413. The van der Waals surface area contributed by atoms with Crippen molar-refractivity contribution in [2.24, 2.45) is 0 Å². The largest absolute Gasteiger partial charge is 0.497 e. The van der Waals surface area contributed by atoms with Crippen molar-refractivity contribution in [2.75, 3.05) is 23.9 Å². The smallest absolute Gasteiger partial charge is 0.134 e. The Balaban J connectivity index is 1.79. The number of methoxy groups -OCH3 is 1. The Morgan fingerprint density at radius 1 is 1.18 bits per heavy atom. The summed E-state index contributed by atoms with van der Waals surface area (Å²) in [6, 6.07) is 8.69. The van der Waals surface area contributed by atoms with E-state index in [4.69, 9.17) is 4.74 Å². The number of hydrogen-bond donors (Lipinski definition) is 1. The molecule has 5 nitrogen and oxygen atoms in total. The molecular weight excluding hydrogens is 276 g/mol. The second-order valence-electron chi connectivity index (χ2n) is 5.87. The van der Waals surface area contributed by atoms with E-state index in [1.165, 1.54) is 11.1 Å². The van der Waals surface area contributed by atoms with Crippen LogP contribution in [0.15, 0.2) is 30.6 Å². The molecule has 116 valence electrons. The van der Waals surface area contributed by atoms with E-state index in [1.54, 1.807) is 13.4 Å². The maximum Gasteiger partial charge on any atom is 0.134 e. The van der Waals surface area contributed by atoms with Gasteiger partial charge in [0.25, 0.3) is 0 Å². The zero-order chi connectivity index (χ0) is 15.5. The van der Waals surface area contributed by atoms with E-state index in [-0.39, 0.29) is 0 Å². The molecule has 1 aromatic carbocycles. The van der Waals surface area contributed by atoms with Crippen molar-refractivity contribution in [3.05, 3.63) is 41.7 Å². The molecule has 0 spiro atoms. The van der Waals surface area contributed by atoms with Gasteiger partial charge in [-0.3, -0.25) is 0 Å². The van der Waals surface area contributed by atoms with E-state index in [0.29, 0.717) is 6.04 Å². The first-order valence-electron chi connectivity index (χ1n) is 7.65. The van der Waals surface area contributed by atoms with Crippen molar-refractivity contribution >= 4 is 11.6 Å². The molecule has 0 saturated carbocycles. The first-order valence-corrected chi connectivity index (χ1v) is 7.65. The summed E-state index contributed by atoms with van der Waals surface area (Å²) in [6.45, 7) is 6.04. The van der Waals surface area contributed by atoms with Gasteiger partial charge in [-0.25, -0.2) is 9.97 Å². The summed E-state index contributed by atoms with van der Waals surface area (Å²) < 4.78 is 5.30. The zero-order valence-electron chi connectivity index (χ0n) is 13.3. The van der Waals surface area contributed by atoms with E-state index in [0.717, 1.165) is 36.9 Å². The molecule has 0 atom stereocenters. The summed E-state index contributed by atoms with van der Waals surface area (Å²) in [5.74, 6) is 2.78. The molecule has 0 unspecified atom stereocenters. The predicted octanol–water partition coefficient (Wildman–Crippen LogP) is 2.87. The molecule has 1 N–H and O–H groups in total. The zero-order valence-corrected chi connectivity index (χ0v) is 13.3. The highest BCUT2D eigenvalue weighted by molar-refractivity contribution is 5.51. The minimum absolute atomic E-state index is 0.359. The number of nitrogens with zero attached hydrogens (tertiary/aromatic N) is 3. The molecule has 0 amide bonds. The first kappa shape index (κ1) is 14.6. The van der Waals surface area contributed by atoms with Crippen LogP contribution >= 0.6 is 0 Å². The Morgan fingerprint density at radius 3 is 2.82 bits per heavy atom. The van der Waals surface area contributed by atoms with Crippen molar-refractivity contribution in [2.45, 2.75) is 32.9 Å². The minimum Gasteiger partial charge on any atom is -0.497 e. The van der Waals surface area contributed by atoms with Crippen LogP contribution in [-0.2, 0) is 13.0 Å². The lowest BCUT2D eigenvalue weighted by Crippen LogP contribution is -2.31. The van der Waals surface area contributed by atoms with Gasteiger partial charge >= 0.3 is 0 Å². The molecule has 1 aromatic heterocycles. The Morgan fingerprint density at radius 2 is 2.05 bits per heavy atom. The molecule has 1 aliphatic heterocycles. The van der Waals surface area contributed by atoms with Gasteiger partial charge in [0.05, 0.1) is 7.11 Å². The molecule has 3 rings (SSSR count). The van der Waals surface area contributed by atoms with E-state index in [2.05, 4.69) is 46.2 Å². The highest BCUT2D eigenvalue weighted by Crippen LogP contribution is 2.26. The lowest BCUT2D eigenvalue weighted by Gasteiger charge is -2.30. The highest BCUT2D eigenvalue weighted by Gasteiger charge is 2.18. The average Bonchev–Trinajstić information content (AvgIpc) is 2.53. The fraction of sp³-hybridized carbons (Fsp3) is 0.412. The van der Waals surface area contributed by atoms with Crippen molar-refractivity contribution in [1.29, 1.82) is 0 Å². The van der Waals surface area contributed by atoms with Crippen molar-refractivity contribution < 1.29 is 4.74 Å². The Bertz CT molecular complexity index is 657. The number of rotatable bonds is 4. The van der Waals surface area contributed by atoms with E-state index in [1.807, 2.05) is 12.1 Å². The summed E-state index contributed by atoms with van der Waals surface area (Å²) in [6.07, 6.45) is 2.63. The van der Waals surface area contributed by atoms with Gasteiger partial charge in [-0.05, 0) is 43.5 Å². The van der Waals surface area contributed by atoms with Gasteiger partial charge in [-0.15, -0.1) is 0 Å². The molecule has 0 saturated heterocycles. The maximum absolute atomic E-state index is 5.30. The topological polar surface area (TPSA) is 50.3 Å². The number of aromatic nitrogens is 2. The van der Waals surface area contributed by atoms with Gasteiger partial charge in [-0.1, -0.05) is 6.07 Å². The van der Waals surface area contributed by atoms with Crippen LogP contribution in [0.25, 0.3) is 0 Å². The fourth-order valence-electron chi connectivity index (χ4n) is 2.75. The first-order chi connectivity index (χ1) is 10.7. The molecule has 2 heterocycles. The standard InChI is InChI=1S/C17H22N4O/c1-12(2)20-16-9-17(19-11-18-16)21-7-6-13-8-15(22-3)5-4-14(13)10-21/h4-5,8-9,11-12H,6-7,10H2,1-3H3,(H,18,19,20). The molecule has 2 aromatic rings. The molecular formula is C17H22N4O. The van der Waals surface area contributed by atoms with Gasteiger partial charge in [-0.2, -0.15) is 0 Å². The second kappa shape index (κ2) is 6.22. The quantitative estimate of drug-likeness (QED) is 0.940. The third kappa shape index (κ3) is 3.13. The normalized spacial score (nSPS) is 13.9. The Labute approximate surface area is 131 Å². The monoisotopic (exact) mass is 298 g/mol. The maximum atomic E-state index is 5.30. The van der Waals surface area contributed by atoms with Gasteiger partial charge in [0, 0.05) is 25.2 Å². The van der Waals surface area contributed by atoms with Crippen molar-refractivity contribution in [3.8, 4) is 5.75 Å². The van der Waals surface area contributed by atoms with Gasteiger partial charge in [0.15, 0.2) is 0 Å². The predicted molar refractivity (Wildman–Crippen MR) is 88.5 cm³/mol. The van der Waals surface area contributed by atoms with Gasteiger partial charge < -0.3 is 15.0 Å². The Hall–Kier alpha value is -2.30. The summed E-state index contributed by atoms with van der Waals surface area (Å²) in [5, 5.41) is 3.32. The fourth-order valence-corrected chi connectivity index (χ4v) is 2.75. The summed E-state index contributed by atoms with van der Waals surface area (Å²) >= 11 is 0. The van der Waals surface area contributed by atoms with E-state index in [9.17, 15) is 0 Å². The number of hydrogen-bond acceptors (Lipinski definition) is 5. The number of ether oxygens (including phenoxy) is 1. The van der Waals surface area contributed by atoms with Crippen LogP contribution in [0.2, 0.25) is 0 Å². The highest BCUT2D eigenvalue weighted by atomic mass is 16.5. The molecule has 0 radical (unpaired) electrons. The molecule has 1 aliphatic rings. The van der Waals surface area contributed by atoms with Crippen LogP contribution in [0.1, 0.15) is 25.0 Å². The lowest BCUT2D eigenvalue weighted by atomic mass is 9.99. The van der Waals surface area contributed by atoms with Crippen LogP contribution in [0, 0.1) is 0 Å². The molecule has 0 bridgehead atoms. The van der Waals surface area contributed by atoms with E-state index < -0.39 is 0 Å². The van der Waals surface area contributed by atoms with Crippen LogP contribution in [-0.4, -0.2) is 29.7 Å². The van der Waals surface area contributed by atoms with Gasteiger partial charge in [0.2, 0.25) is 0 Å². The number of fused-ring (bicyclic) bond motifs is 1. The van der Waals surface area contributed by atoms with Crippen LogP contribution < -0.4 is 15.0 Å². The average molecular weight is 298 g/mol. The number of nitrogens with one attached hydrogen (secondary N) is 1. The summed E-state index contributed by atoms with van der Waals surface area (Å²) in [4.78, 5) is 11.0. The SMILES string of the molecule is COc1ccc2c(c1)CCN(c1cc(NC(C)C)ncn1)C2. The van der Waals surface area contributed by atoms with E-state index >= 15 is 0 Å². The number of benzene rings is 1. The Kier molecular flexibility index (Phi) is 4.13. The van der Waals surface area contributed by atoms with Crippen LogP contribution in [0.4, 0.5) is 11.6 Å². The molecule has 22 heavy (non-hydrogen) atoms. The molecule has 5 heteroatoms. The number of anilines is 2. The van der Waals surface area contributed by atoms with Crippen LogP contribution in [0.3, 0.4) is 0 Å². The summed E-state index contributed by atoms with van der Waals surface area (Å²) in [5.41, 5.74) is 2.70. The minimum atomic E-state index is 0.359.